The molecule has 1 atom stereocenters. The zero-order valence-corrected chi connectivity index (χ0v) is 12.4. The average Bonchev–Trinajstić information content (AvgIpc) is 2.47. The molecule has 2 rings (SSSR count). The minimum atomic E-state index is -1.16. The fraction of sp³-hybridized carbons (Fsp3) is 0.625. The minimum absolute atomic E-state index is 0.158. The minimum Gasteiger partial charge on any atom is -0.329 e. The Balaban J connectivity index is 2.12. The number of nitrogens with two attached hydrogens (primary N) is 1. The largest absolute Gasteiger partial charge is 0.329 e. The summed E-state index contributed by atoms with van der Waals surface area (Å²) in [6.45, 7) is 4.02. The lowest BCUT2D eigenvalue weighted by molar-refractivity contribution is 0.129. The second-order valence-electron chi connectivity index (χ2n) is 5.81. The van der Waals surface area contributed by atoms with Gasteiger partial charge in [0.25, 0.3) is 0 Å². The van der Waals surface area contributed by atoms with Crippen LogP contribution in [0.2, 0.25) is 0 Å². The van der Waals surface area contributed by atoms with Crippen LogP contribution in [0.5, 0.6) is 0 Å². The first-order valence-electron chi connectivity index (χ1n) is 7.65. The third-order valence-corrected chi connectivity index (χ3v) is 4.41. The molecule has 0 amide bonds. The number of hydrogen-bond donors (Lipinski definition) is 1. The van der Waals surface area contributed by atoms with Gasteiger partial charge in [0, 0.05) is 18.2 Å². The Morgan fingerprint density at radius 3 is 2.33 bits per heavy atom. The first-order chi connectivity index (χ1) is 10.1. The number of halogens is 3. The standard InChI is InChI=1S/C16H23F3N2/c1-2-3-11-4-6-21(7-5-11)16(10-20)12-8-14(18)15(19)9-13(12)17/h8-9,11,16H,2-7,10,20H2,1H3. The molecule has 0 saturated carbocycles. The summed E-state index contributed by atoms with van der Waals surface area (Å²) < 4.78 is 40.4. The van der Waals surface area contributed by atoms with Gasteiger partial charge in [-0.2, -0.15) is 0 Å². The molecule has 1 aromatic carbocycles. The van der Waals surface area contributed by atoms with Gasteiger partial charge in [-0.25, -0.2) is 13.2 Å². The smallest absolute Gasteiger partial charge is 0.161 e. The van der Waals surface area contributed by atoms with Crippen LogP contribution in [0.4, 0.5) is 13.2 Å². The first-order valence-corrected chi connectivity index (χ1v) is 7.65. The third-order valence-electron chi connectivity index (χ3n) is 4.41. The number of nitrogens with zero attached hydrogens (tertiary/aromatic N) is 1. The zero-order chi connectivity index (χ0) is 15.4. The van der Waals surface area contributed by atoms with Crippen LogP contribution in [0.1, 0.15) is 44.2 Å². The van der Waals surface area contributed by atoms with Crippen molar-refractivity contribution in [2.75, 3.05) is 19.6 Å². The van der Waals surface area contributed by atoms with Gasteiger partial charge in [0.2, 0.25) is 0 Å². The van der Waals surface area contributed by atoms with E-state index in [2.05, 4.69) is 11.8 Å². The highest BCUT2D eigenvalue weighted by molar-refractivity contribution is 5.24. The van der Waals surface area contributed by atoms with Gasteiger partial charge >= 0.3 is 0 Å². The molecular formula is C16H23F3N2. The van der Waals surface area contributed by atoms with Crippen LogP contribution in [-0.2, 0) is 0 Å². The van der Waals surface area contributed by atoms with E-state index >= 15 is 0 Å². The third kappa shape index (κ3) is 3.77. The van der Waals surface area contributed by atoms with Crippen LogP contribution in [0.3, 0.4) is 0 Å². The number of likely N-dealkylation sites (tertiary alicyclic amines) is 1. The Morgan fingerprint density at radius 1 is 1.14 bits per heavy atom. The van der Waals surface area contributed by atoms with Crippen molar-refractivity contribution in [3.63, 3.8) is 0 Å². The fourth-order valence-electron chi connectivity index (χ4n) is 3.23. The van der Waals surface area contributed by atoms with Gasteiger partial charge < -0.3 is 5.73 Å². The van der Waals surface area contributed by atoms with Crippen LogP contribution >= 0.6 is 0 Å². The normalized spacial score (nSPS) is 18.9. The van der Waals surface area contributed by atoms with Gasteiger partial charge in [0.05, 0.1) is 6.04 Å². The van der Waals surface area contributed by atoms with E-state index in [1.807, 2.05) is 0 Å². The van der Waals surface area contributed by atoms with Crippen molar-refractivity contribution in [2.45, 2.75) is 38.6 Å². The molecule has 0 aliphatic carbocycles. The molecule has 118 valence electrons. The van der Waals surface area contributed by atoms with Crippen molar-refractivity contribution in [1.82, 2.24) is 4.90 Å². The van der Waals surface area contributed by atoms with E-state index in [1.165, 1.54) is 12.8 Å². The molecule has 1 unspecified atom stereocenters. The summed E-state index contributed by atoms with van der Waals surface area (Å²) in [7, 11) is 0. The molecule has 1 fully saturated rings. The Labute approximate surface area is 124 Å². The van der Waals surface area contributed by atoms with Crippen molar-refractivity contribution in [1.29, 1.82) is 0 Å². The van der Waals surface area contributed by atoms with Gasteiger partial charge in [-0.15, -0.1) is 0 Å². The van der Waals surface area contributed by atoms with Crippen LogP contribution in [0.15, 0.2) is 12.1 Å². The quantitative estimate of drug-likeness (QED) is 0.842. The maximum atomic E-state index is 13.9. The monoisotopic (exact) mass is 300 g/mol. The van der Waals surface area contributed by atoms with Crippen molar-refractivity contribution in [3.8, 4) is 0 Å². The summed E-state index contributed by atoms with van der Waals surface area (Å²) in [5, 5.41) is 0. The van der Waals surface area contributed by atoms with Crippen LogP contribution in [0, 0.1) is 23.4 Å². The lowest BCUT2D eigenvalue weighted by Crippen LogP contribution is -2.40. The molecule has 5 heteroatoms. The fourth-order valence-corrected chi connectivity index (χ4v) is 3.23. The summed E-state index contributed by atoms with van der Waals surface area (Å²) in [4.78, 5) is 2.09. The highest BCUT2D eigenvalue weighted by Gasteiger charge is 2.27. The summed E-state index contributed by atoms with van der Waals surface area (Å²) in [5.41, 5.74) is 5.92. The molecule has 0 spiro atoms. The van der Waals surface area contributed by atoms with Crippen molar-refractivity contribution < 1.29 is 13.2 Å². The summed E-state index contributed by atoms with van der Waals surface area (Å²) in [5.74, 6) is -2.20. The van der Waals surface area contributed by atoms with Gasteiger partial charge in [-0.3, -0.25) is 4.90 Å². The SMILES string of the molecule is CCCC1CCN(C(CN)c2cc(F)c(F)cc2F)CC1. The predicted molar refractivity (Wildman–Crippen MR) is 77.3 cm³/mol. The van der Waals surface area contributed by atoms with Crippen molar-refractivity contribution in [2.24, 2.45) is 11.7 Å². The maximum Gasteiger partial charge on any atom is 0.161 e. The molecular weight excluding hydrogens is 277 g/mol. The molecule has 1 aromatic rings. The zero-order valence-electron chi connectivity index (χ0n) is 12.4. The van der Waals surface area contributed by atoms with Gasteiger partial charge in [0.15, 0.2) is 11.6 Å². The Morgan fingerprint density at radius 2 is 1.76 bits per heavy atom. The molecule has 2 N–H and O–H groups in total. The van der Waals surface area contributed by atoms with Crippen LogP contribution in [-0.4, -0.2) is 24.5 Å². The van der Waals surface area contributed by atoms with Crippen LogP contribution < -0.4 is 5.73 Å². The number of piperidine rings is 1. The molecule has 1 heterocycles. The van der Waals surface area contributed by atoms with E-state index in [1.54, 1.807) is 0 Å². The van der Waals surface area contributed by atoms with Crippen LogP contribution in [0.25, 0.3) is 0 Å². The lowest BCUT2D eigenvalue weighted by atomic mass is 9.91. The second-order valence-corrected chi connectivity index (χ2v) is 5.81. The summed E-state index contributed by atoms with van der Waals surface area (Å²) >= 11 is 0. The molecule has 0 bridgehead atoms. The van der Waals surface area contributed by atoms with E-state index in [0.29, 0.717) is 12.0 Å². The van der Waals surface area contributed by atoms with Crippen molar-refractivity contribution in [3.05, 3.63) is 35.1 Å². The molecule has 0 aromatic heterocycles. The van der Waals surface area contributed by atoms with E-state index in [9.17, 15) is 13.2 Å². The summed E-state index contributed by atoms with van der Waals surface area (Å²) in [6, 6.07) is 1.17. The van der Waals surface area contributed by atoms with E-state index in [-0.39, 0.29) is 18.2 Å². The number of benzene rings is 1. The Bertz CT molecular complexity index is 471. The highest BCUT2D eigenvalue weighted by atomic mass is 19.2. The molecule has 1 aliphatic rings. The van der Waals surface area contributed by atoms with E-state index < -0.39 is 17.5 Å². The molecule has 21 heavy (non-hydrogen) atoms. The topological polar surface area (TPSA) is 29.3 Å². The average molecular weight is 300 g/mol. The van der Waals surface area contributed by atoms with Gasteiger partial charge in [-0.1, -0.05) is 19.8 Å². The van der Waals surface area contributed by atoms with Gasteiger partial charge in [0.1, 0.15) is 5.82 Å². The summed E-state index contributed by atoms with van der Waals surface area (Å²) in [6.07, 6.45) is 4.48. The predicted octanol–water partition coefficient (Wildman–Crippen LogP) is 3.62. The van der Waals surface area contributed by atoms with E-state index in [4.69, 9.17) is 5.73 Å². The molecule has 2 nitrogen and oxygen atoms in total. The van der Waals surface area contributed by atoms with Gasteiger partial charge in [-0.05, 0) is 37.9 Å². The molecule has 1 saturated heterocycles. The molecule has 0 radical (unpaired) electrons. The second kappa shape index (κ2) is 7.27. The lowest BCUT2D eigenvalue weighted by Gasteiger charge is -2.37. The Hall–Kier alpha value is -1.07. The Kier molecular flexibility index (Phi) is 5.65. The van der Waals surface area contributed by atoms with E-state index in [0.717, 1.165) is 32.0 Å². The highest BCUT2D eigenvalue weighted by Crippen LogP contribution is 2.30. The number of hydrogen-bond acceptors (Lipinski definition) is 2. The molecule has 1 aliphatic heterocycles. The number of rotatable bonds is 5. The van der Waals surface area contributed by atoms with Crippen molar-refractivity contribution >= 4 is 0 Å². The first kappa shape index (κ1) is 16.3. The maximum absolute atomic E-state index is 13.9.